The molecule has 1 aromatic carbocycles. The van der Waals surface area contributed by atoms with Gasteiger partial charge in [-0.15, -0.1) is 11.3 Å². The standard InChI is InChI=1S/C33H38N4O9S2/c1-18-26-30(39)37(19(2)28(38)35-48(41,42)33(3)11-12-33)32(40)36(31(26)47-27(18)29-34-13-14-44-29)17-25(23-7-5-6-8-24(23)43-4)46-22-15-20-9-10-21(16-22)45-20/h5-8,13-14,19-22,25H,9-12,15-17H2,1-4H3,(H,35,38)/t19-,20-,21+,22?,25+/m1/s1. The van der Waals surface area contributed by atoms with Gasteiger partial charge in [-0.05, 0) is 70.9 Å². The molecule has 1 saturated carbocycles. The molecule has 7 rings (SSSR count). The van der Waals surface area contributed by atoms with E-state index in [9.17, 15) is 22.8 Å². The fourth-order valence-corrected chi connectivity index (χ4v) is 9.34. The van der Waals surface area contributed by atoms with Crippen LogP contribution < -0.4 is 20.7 Å². The minimum atomic E-state index is -4.02. The molecule has 0 radical (unpaired) electrons. The van der Waals surface area contributed by atoms with Crippen LogP contribution in [0.4, 0.5) is 0 Å². The molecule has 13 nitrogen and oxygen atoms in total. The Labute approximate surface area is 280 Å². The maximum atomic E-state index is 14.5. The smallest absolute Gasteiger partial charge is 0.332 e. The third-order valence-corrected chi connectivity index (χ3v) is 13.4. The zero-order chi connectivity index (χ0) is 34.0. The summed E-state index contributed by atoms with van der Waals surface area (Å²) in [6.45, 7) is 4.60. The summed E-state index contributed by atoms with van der Waals surface area (Å²) in [5.41, 5.74) is -0.258. The average molecular weight is 699 g/mol. The molecule has 2 aliphatic heterocycles. The van der Waals surface area contributed by atoms with E-state index in [4.69, 9.17) is 18.6 Å². The van der Waals surface area contributed by atoms with Crippen molar-refractivity contribution in [3.05, 3.63) is 68.7 Å². The van der Waals surface area contributed by atoms with E-state index in [1.165, 1.54) is 35.3 Å². The van der Waals surface area contributed by atoms with Gasteiger partial charge in [0.2, 0.25) is 15.9 Å². The van der Waals surface area contributed by atoms with Crippen molar-refractivity contribution in [3.63, 3.8) is 0 Å². The molecular formula is C33H38N4O9S2. The maximum Gasteiger partial charge on any atom is 0.332 e. The summed E-state index contributed by atoms with van der Waals surface area (Å²) in [6.07, 6.45) is 6.50. The lowest BCUT2D eigenvalue weighted by Gasteiger charge is -2.32. The van der Waals surface area contributed by atoms with Crippen molar-refractivity contribution in [2.24, 2.45) is 0 Å². The number of amides is 1. The summed E-state index contributed by atoms with van der Waals surface area (Å²) < 4.78 is 53.4. The number of hydrogen-bond acceptors (Lipinski definition) is 11. The lowest BCUT2D eigenvalue weighted by Crippen LogP contribution is -2.48. The quantitative estimate of drug-likeness (QED) is 0.240. The van der Waals surface area contributed by atoms with Gasteiger partial charge in [0.25, 0.3) is 11.5 Å². The predicted molar refractivity (Wildman–Crippen MR) is 178 cm³/mol. The first-order chi connectivity index (χ1) is 22.9. The van der Waals surface area contributed by atoms with Gasteiger partial charge in [-0.2, -0.15) is 0 Å². The Morgan fingerprint density at radius 1 is 1.19 bits per heavy atom. The van der Waals surface area contributed by atoms with Crippen LogP contribution in [0.3, 0.4) is 0 Å². The van der Waals surface area contributed by atoms with E-state index in [1.807, 2.05) is 24.3 Å². The van der Waals surface area contributed by atoms with Crippen LogP contribution in [0, 0.1) is 6.92 Å². The fourth-order valence-electron chi connectivity index (χ4n) is 6.78. The number of methoxy groups -OCH3 is 1. The molecule has 3 aliphatic rings. The molecule has 1 N–H and O–H groups in total. The van der Waals surface area contributed by atoms with Crippen LogP contribution >= 0.6 is 11.3 Å². The highest BCUT2D eigenvalue weighted by molar-refractivity contribution is 7.91. The maximum absolute atomic E-state index is 14.5. The monoisotopic (exact) mass is 698 g/mol. The van der Waals surface area contributed by atoms with E-state index < -0.39 is 44.1 Å². The van der Waals surface area contributed by atoms with Gasteiger partial charge in [0, 0.05) is 5.56 Å². The lowest BCUT2D eigenvalue weighted by molar-refractivity contribution is -0.122. The van der Waals surface area contributed by atoms with Crippen LogP contribution in [0.2, 0.25) is 0 Å². The Balaban J connectivity index is 1.37. The largest absolute Gasteiger partial charge is 0.496 e. The number of thiophene rings is 1. The number of aryl methyl sites for hydroxylation is 1. The predicted octanol–water partition coefficient (Wildman–Crippen LogP) is 4.22. The SMILES string of the molecule is COc1ccccc1[C@H](Cn1c(=O)n([C@H](C)C(=O)NS(=O)(=O)C2(C)CC2)c(=O)c2c(C)c(-c3ncco3)sc21)OC1C[C@H]2CC[C@@H](C1)O2. The van der Waals surface area contributed by atoms with Crippen molar-refractivity contribution < 1.29 is 31.8 Å². The van der Waals surface area contributed by atoms with E-state index in [2.05, 4.69) is 9.71 Å². The Kier molecular flexibility index (Phi) is 8.37. The number of hydrogen-bond donors (Lipinski definition) is 1. The first-order valence-electron chi connectivity index (χ1n) is 16.1. The molecular weight excluding hydrogens is 661 g/mol. The van der Waals surface area contributed by atoms with Gasteiger partial charge in [-0.1, -0.05) is 18.2 Å². The molecule has 0 spiro atoms. The van der Waals surface area contributed by atoms with E-state index in [1.54, 1.807) is 21.0 Å². The third kappa shape index (κ3) is 5.69. The average Bonchev–Trinajstić information content (AvgIpc) is 3.35. The number of aromatic nitrogens is 3. The van der Waals surface area contributed by atoms with Crippen molar-refractivity contribution in [3.8, 4) is 16.5 Å². The van der Waals surface area contributed by atoms with Crippen LogP contribution in [0.15, 0.2) is 50.7 Å². The number of para-hydroxylation sites is 1. The van der Waals surface area contributed by atoms with Crippen molar-refractivity contribution in [2.75, 3.05) is 7.11 Å². The number of carbonyl (C=O) groups excluding carboxylic acids is 1. The number of benzene rings is 1. The Morgan fingerprint density at radius 3 is 2.54 bits per heavy atom. The van der Waals surface area contributed by atoms with E-state index >= 15 is 0 Å². The Morgan fingerprint density at radius 2 is 1.90 bits per heavy atom. The minimum absolute atomic E-state index is 0.0294. The van der Waals surface area contributed by atoms with Crippen LogP contribution in [0.25, 0.3) is 21.0 Å². The highest BCUT2D eigenvalue weighted by Gasteiger charge is 2.51. The van der Waals surface area contributed by atoms with Gasteiger partial charge in [0.05, 0.1) is 53.2 Å². The first kappa shape index (κ1) is 32.7. The number of nitrogens with one attached hydrogen (secondary N) is 1. The van der Waals surface area contributed by atoms with Crippen LogP contribution in [0.1, 0.15) is 75.6 Å². The van der Waals surface area contributed by atoms with Gasteiger partial charge >= 0.3 is 5.69 Å². The van der Waals surface area contributed by atoms with Crippen LogP contribution in [0.5, 0.6) is 5.75 Å². The topological polar surface area (TPSA) is 161 Å². The molecule has 4 aromatic rings. The normalized spacial score (nSPS) is 22.8. The second-order valence-electron chi connectivity index (χ2n) is 13.2. The second kappa shape index (κ2) is 12.3. The molecule has 15 heteroatoms. The number of fused-ring (bicyclic) bond motifs is 3. The van der Waals surface area contributed by atoms with E-state index in [0.717, 1.165) is 17.4 Å². The lowest BCUT2D eigenvalue weighted by atomic mass is 10.0. The number of nitrogens with zero attached hydrogens (tertiary/aromatic N) is 3. The van der Waals surface area contributed by atoms with Gasteiger partial charge in [-0.3, -0.25) is 18.9 Å². The number of oxazole rings is 1. The minimum Gasteiger partial charge on any atom is -0.496 e. The van der Waals surface area contributed by atoms with Gasteiger partial charge in [0.1, 0.15) is 29.0 Å². The third-order valence-electron chi connectivity index (χ3n) is 9.91. The fraction of sp³-hybridized carbons (Fsp3) is 0.515. The molecule has 3 fully saturated rings. The molecule has 2 bridgehead atoms. The van der Waals surface area contributed by atoms with Crippen molar-refractivity contribution in [1.29, 1.82) is 0 Å². The Bertz CT molecular complexity index is 2080. The summed E-state index contributed by atoms with van der Waals surface area (Å²) in [4.78, 5) is 47.3. The van der Waals surface area contributed by atoms with Gasteiger partial charge in [-0.25, -0.2) is 22.8 Å². The molecule has 3 aromatic heterocycles. The zero-order valence-corrected chi connectivity index (χ0v) is 28.8. The molecule has 48 heavy (non-hydrogen) atoms. The highest BCUT2D eigenvalue weighted by atomic mass is 32.2. The number of sulfonamides is 1. The summed E-state index contributed by atoms with van der Waals surface area (Å²) >= 11 is 1.18. The molecule has 256 valence electrons. The number of rotatable bonds is 11. The molecule has 5 heterocycles. The molecule has 2 saturated heterocycles. The molecule has 5 atom stereocenters. The zero-order valence-electron chi connectivity index (χ0n) is 27.1. The summed E-state index contributed by atoms with van der Waals surface area (Å²) in [6, 6.07) is 5.97. The summed E-state index contributed by atoms with van der Waals surface area (Å²) in [7, 11) is -2.45. The molecule has 1 amide bonds. The van der Waals surface area contributed by atoms with E-state index in [0.29, 0.717) is 52.3 Å². The number of carbonyl (C=O) groups is 1. The van der Waals surface area contributed by atoms with Crippen molar-refractivity contribution in [2.45, 2.75) is 101 Å². The Hall–Kier alpha value is -3.79. The van der Waals surface area contributed by atoms with Crippen molar-refractivity contribution in [1.82, 2.24) is 18.8 Å². The molecule has 1 aliphatic carbocycles. The molecule has 1 unspecified atom stereocenters. The van der Waals surface area contributed by atoms with Crippen LogP contribution in [-0.2, 0) is 30.8 Å². The van der Waals surface area contributed by atoms with Crippen LogP contribution in [-0.4, -0.2) is 58.6 Å². The van der Waals surface area contributed by atoms with Gasteiger partial charge < -0.3 is 18.6 Å². The second-order valence-corrected chi connectivity index (χ2v) is 16.4. The first-order valence-corrected chi connectivity index (χ1v) is 18.4. The van der Waals surface area contributed by atoms with E-state index in [-0.39, 0.29) is 36.1 Å². The van der Waals surface area contributed by atoms with Gasteiger partial charge in [0.15, 0.2) is 0 Å². The summed E-state index contributed by atoms with van der Waals surface area (Å²) in [5.74, 6) is -0.114. The van der Waals surface area contributed by atoms with Crippen molar-refractivity contribution >= 4 is 37.5 Å². The number of ether oxygens (including phenoxy) is 3. The highest BCUT2D eigenvalue weighted by Crippen LogP contribution is 2.43. The summed E-state index contributed by atoms with van der Waals surface area (Å²) in [5, 5.41) is 0.201.